The van der Waals surface area contributed by atoms with Gasteiger partial charge in [0.05, 0.1) is 7.11 Å². The Morgan fingerprint density at radius 1 is 1.14 bits per heavy atom. The van der Waals surface area contributed by atoms with Crippen molar-refractivity contribution in [3.63, 3.8) is 0 Å². The van der Waals surface area contributed by atoms with Gasteiger partial charge in [-0.1, -0.05) is 19.9 Å². The lowest BCUT2D eigenvalue weighted by atomic mass is 10.2. The van der Waals surface area contributed by atoms with E-state index in [1.165, 1.54) is 25.1 Å². The van der Waals surface area contributed by atoms with Crippen molar-refractivity contribution in [2.75, 3.05) is 71.4 Å². The van der Waals surface area contributed by atoms with E-state index in [-0.39, 0.29) is 24.0 Å². The molecule has 1 fully saturated rings. The summed E-state index contributed by atoms with van der Waals surface area (Å²) in [4.78, 5) is 11.7. The van der Waals surface area contributed by atoms with E-state index >= 15 is 0 Å². The van der Waals surface area contributed by atoms with Gasteiger partial charge < -0.3 is 24.8 Å². The summed E-state index contributed by atoms with van der Waals surface area (Å²) in [6, 6.07) is 8.31. The summed E-state index contributed by atoms with van der Waals surface area (Å²) < 4.78 is 5.35. The molecule has 1 aromatic carbocycles. The first-order valence-electron chi connectivity index (χ1n) is 10.3. The van der Waals surface area contributed by atoms with Gasteiger partial charge in [-0.05, 0) is 44.6 Å². The van der Waals surface area contributed by atoms with Crippen LogP contribution in [0.15, 0.2) is 29.3 Å². The molecule has 6 nitrogen and oxygen atoms in total. The highest BCUT2D eigenvalue weighted by atomic mass is 127. The minimum atomic E-state index is 0. The molecule has 2 rings (SSSR count). The predicted molar refractivity (Wildman–Crippen MR) is 131 cm³/mol. The normalized spacial score (nSPS) is 14.8. The molecule has 0 aromatic heterocycles. The van der Waals surface area contributed by atoms with Crippen LogP contribution in [0.25, 0.3) is 0 Å². The first-order chi connectivity index (χ1) is 13.2. The smallest absolute Gasteiger partial charge is 0.193 e. The van der Waals surface area contributed by atoms with Crippen molar-refractivity contribution in [2.24, 2.45) is 4.99 Å². The Morgan fingerprint density at radius 2 is 1.86 bits per heavy atom. The van der Waals surface area contributed by atoms with Crippen LogP contribution in [-0.2, 0) is 0 Å². The van der Waals surface area contributed by atoms with Gasteiger partial charge in [-0.2, -0.15) is 0 Å². The molecule has 1 N–H and O–H groups in total. The Bertz CT molecular complexity index is 572. The van der Waals surface area contributed by atoms with Crippen LogP contribution >= 0.6 is 24.0 Å². The number of hydrogen-bond acceptors (Lipinski definition) is 4. The second kappa shape index (κ2) is 13.9. The number of piperazine rings is 1. The maximum absolute atomic E-state index is 5.35. The average molecular weight is 503 g/mol. The molecule has 0 amide bonds. The van der Waals surface area contributed by atoms with Crippen molar-refractivity contribution < 1.29 is 4.74 Å². The fourth-order valence-corrected chi connectivity index (χ4v) is 3.52. The van der Waals surface area contributed by atoms with Crippen LogP contribution in [0.3, 0.4) is 0 Å². The zero-order valence-corrected chi connectivity index (χ0v) is 20.3. The summed E-state index contributed by atoms with van der Waals surface area (Å²) in [7, 11) is 3.60. The molecule has 0 saturated carbocycles. The van der Waals surface area contributed by atoms with Crippen molar-refractivity contribution in [1.29, 1.82) is 0 Å². The highest BCUT2D eigenvalue weighted by Crippen LogP contribution is 2.22. The van der Waals surface area contributed by atoms with E-state index in [4.69, 9.17) is 4.74 Å². The molecular weight excluding hydrogens is 465 g/mol. The van der Waals surface area contributed by atoms with Crippen LogP contribution in [0, 0.1) is 0 Å². The first kappa shape index (κ1) is 24.8. The van der Waals surface area contributed by atoms with Gasteiger partial charge in [-0.15, -0.1) is 24.0 Å². The van der Waals surface area contributed by atoms with E-state index in [0.29, 0.717) is 0 Å². The van der Waals surface area contributed by atoms with Crippen molar-refractivity contribution in [3.8, 4) is 5.75 Å². The number of benzene rings is 1. The fourth-order valence-electron chi connectivity index (χ4n) is 3.52. The zero-order chi connectivity index (χ0) is 19.5. The van der Waals surface area contributed by atoms with Gasteiger partial charge >= 0.3 is 0 Å². The summed E-state index contributed by atoms with van der Waals surface area (Å²) >= 11 is 0. The molecule has 0 atom stereocenters. The number of anilines is 1. The molecule has 0 aliphatic carbocycles. The van der Waals surface area contributed by atoms with Gasteiger partial charge in [0, 0.05) is 51.5 Å². The molecule has 0 radical (unpaired) electrons. The molecule has 1 heterocycles. The molecule has 160 valence electrons. The Kier molecular flexibility index (Phi) is 12.3. The number of ether oxygens (including phenoxy) is 1. The Balaban J connectivity index is 0.00000392. The third-order valence-electron chi connectivity index (χ3n) is 5.29. The number of halogens is 1. The van der Waals surface area contributed by atoms with E-state index in [9.17, 15) is 0 Å². The van der Waals surface area contributed by atoms with E-state index in [1.807, 2.05) is 13.1 Å². The number of hydrogen-bond donors (Lipinski definition) is 1. The summed E-state index contributed by atoms with van der Waals surface area (Å²) in [5, 5.41) is 3.54. The second-order valence-corrected chi connectivity index (χ2v) is 6.88. The van der Waals surface area contributed by atoms with Crippen LogP contribution in [0.5, 0.6) is 5.75 Å². The van der Waals surface area contributed by atoms with Gasteiger partial charge in [0.25, 0.3) is 0 Å². The zero-order valence-electron chi connectivity index (χ0n) is 18.0. The highest BCUT2D eigenvalue weighted by molar-refractivity contribution is 14.0. The van der Waals surface area contributed by atoms with Crippen LogP contribution in [0.1, 0.15) is 26.7 Å². The Hall–Kier alpha value is -1.22. The van der Waals surface area contributed by atoms with Crippen molar-refractivity contribution in [3.05, 3.63) is 24.3 Å². The molecule has 0 bridgehead atoms. The quantitative estimate of drug-likeness (QED) is 0.243. The van der Waals surface area contributed by atoms with Crippen LogP contribution in [-0.4, -0.2) is 82.3 Å². The standard InChI is InChI=1S/C21H37N5O.HI/c1-5-24(6-2)13-8-7-12-23-21(22-3)26-16-14-25(15-17-26)19-10-9-11-20(18-19)27-4;/h9-11,18H,5-8,12-17H2,1-4H3,(H,22,23);1H. The number of guanidine groups is 1. The minimum absolute atomic E-state index is 0. The third kappa shape index (κ3) is 7.66. The molecule has 1 aromatic rings. The van der Waals surface area contributed by atoms with Gasteiger partial charge in [-0.3, -0.25) is 4.99 Å². The molecule has 1 aliphatic heterocycles. The van der Waals surface area contributed by atoms with E-state index in [2.05, 4.69) is 57.1 Å². The Morgan fingerprint density at radius 3 is 2.46 bits per heavy atom. The van der Waals surface area contributed by atoms with Gasteiger partial charge in [0.2, 0.25) is 0 Å². The summed E-state index contributed by atoms with van der Waals surface area (Å²) in [5.41, 5.74) is 1.23. The average Bonchev–Trinajstić information content (AvgIpc) is 2.74. The first-order valence-corrected chi connectivity index (χ1v) is 10.3. The van der Waals surface area contributed by atoms with Gasteiger partial charge in [-0.25, -0.2) is 0 Å². The van der Waals surface area contributed by atoms with Crippen molar-refractivity contribution in [1.82, 2.24) is 15.1 Å². The number of nitrogens with one attached hydrogen (secondary N) is 1. The SMILES string of the molecule is CCN(CC)CCCCNC(=NC)N1CCN(c2cccc(OC)c2)CC1.I. The third-order valence-corrected chi connectivity index (χ3v) is 5.29. The summed E-state index contributed by atoms with van der Waals surface area (Å²) in [6.45, 7) is 12.9. The number of methoxy groups -OCH3 is 1. The monoisotopic (exact) mass is 503 g/mol. The molecule has 0 unspecified atom stereocenters. The fraction of sp³-hybridized carbons (Fsp3) is 0.667. The van der Waals surface area contributed by atoms with Gasteiger partial charge in [0.1, 0.15) is 5.75 Å². The number of rotatable bonds is 9. The summed E-state index contributed by atoms with van der Waals surface area (Å²) in [5.74, 6) is 1.94. The predicted octanol–water partition coefficient (Wildman–Crippen LogP) is 3.13. The number of aliphatic imine (C=N–C) groups is 1. The van der Waals surface area contributed by atoms with E-state index in [1.54, 1.807) is 7.11 Å². The van der Waals surface area contributed by atoms with Gasteiger partial charge in [0.15, 0.2) is 5.96 Å². The van der Waals surface area contributed by atoms with Crippen LogP contribution < -0.4 is 15.0 Å². The largest absolute Gasteiger partial charge is 0.497 e. The maximum atomic E-state index is 5.35. The van der Waals surface area contributed by atoms with Crippen molar-refractivity contribution >= 4 is 35.6 Å². The lowest BCUT2D eigenvalue weighted by molar-refractivity contribution is 0.296. The summed E-state index contributed by atoms with van der Waals surface area (Å²) in [6.07, 6.45) is 2.41. The molecular formula is C21H38IN5O. The topological polar surface area (TPSA) is 43.3 Å². The van der Waals surface area contributed by atoms with Crippen molar-refractivity contribution in [2.45, 2.75) is 26.7 Å². The van der Waals surface area contributed by atoms with Crippen LogP contribution in [0.4, 0.5) is 5.69 Å². The number of nitrogens with zero attached hydrogens (tertiary/aromatic N) is 4. The molecule has 0 spiro atoms. The maximum Gasteiger partial charge on any atom is 0.193 e. The lowest BCUT2D eigenvalue weighted by Gasteiger charge is -2.37. The molecule has 1 saturated heterocycles. The highest BCUT2D eigenvalue weighted by Gasteiger charge is 2.19. The lowest BCUT2D eigenvalue weighted by Crippen LogP contribution is -2.52. The Labute approximate surface area is 188 Å². The van der Waals surface area contributed by atoms with E-state index in [0.717, 1.165) is 57.5 Å². The molecule has 28 heavy (non-hydrogen) atoms. The molecule has 7 heteroatoms. The van der Waals surface area contributed by atoms with Crippen LogP contribution in [0.2, 0.25) is 0 Å². The minimum Gasteiger partial charge on any atom is -0.497 e. The molecule has 1 aliphatic rings. The second-order valence-electron chi connectivity index (χ2n) is 6.88. The van der Waals surface area contributed by atoms with E-state index < -0.39 is 0 Å². The number of unbranched alkanes of at least 4 members (excludes halogenated alkanes) is 1.